The summed E-state index contributed by atoms with van der Waals surface area (Å²) in [4.78, 5) is 12.8. The number of carbonyl (C=O) groups excluding carboxylic acids is 1. The van der Waals surface area contributed by atoms with Crippen molar-refractivity contribution < 1.29 is 9.21 Å². The van der Waals surface area contributed by atoms with Crippen LogP contribution in [0.5, 0.6) is 0 Å². The summed E-state index contributed by atoms with van der Waals surface area (Å²) in [6.45, 7) is 0.528. The molecule has 0 aliphatic heterocycles. The lowest BCUT2D eigenvalue weighted by atomic mass is 10.2. The van der Waals surface area contributed by atoms with Gasteiger partial charge in [-0.2, -0.15) is 5.10 Å². The molecule has 3 heterocycles. The van der Waals surface area contributed by atoms with Gasteiger partial charge in [-0.05, 0) is 24.3 Å². The van der Waals surface area contributed by atoms with Crippen molar-refractivity contribution >= 4 is 40.0 Å². The summed E-state index contributed by atoms with van der Waals surface area (Å²) < 4.78 is 7.75. The van der Waals surface area contributed by atoms with Gasteiger partial charge >= 0.3 is 0 Å². The van der Waals surface area contributed by atoms with Crippen LogP contribution >= 0.6 is 23.1 Å². The Morgan fingerprint density at radius 3 is 2.56 bits per heavy atom. The highest BCUT2D eigenvalue weighted by Crippen LogP contribution is 2.27. The average Bonchev–Trinajstić information content (AvgIpc) is 3.64. The van der Waals surface area contributed by atoms with Crippen LogP contribution in [-0.4, -0.2) is 31.6 Å². The fourth-order valence-corrected chi connectivity index (χ4v) is 4.76. The smallest absolute Gasteiger partial charge is 0.235 e. The van der Waals surface area contributed by atoms with Crippen molar-refractivity contribution in [3.05, 3.63) is 90.9 Å². The van der Waals surface area contributed by atoms with Crippen LogP contribution in [0.3, 0.4) is 0 Å². The molecule has 0 aliphatic rings. The van der Waals surface area contributed by atoms with E-state index in [2.05, 4.69) is 20.8 Å². The predicted molar refractivity (Wildman–Crippen MR) is 134 cm³/mol. The van der Waals surface area contributed by atoms with E-state index in [0.29, 0.717) is 21.8 Å². The predicted octanol–water partition coefficient (Wildman–Crippen LogP) is 5.33. The summed E-state index contributed by atoms with van der Waals surface area (Å²) in [7, 11) is 0. The van der Waals surface area contributed by atoms with E-state index < -0.39 is 0 Å². The number of benzene rings is 2. The SMILES string of the molecule is O=C(CSc1nnc(NCc2ccco2)s1)Nc1cc(-c2ccccc2)nn1-c1ccccc1. The van der Waals surface area contributed by atoms with Gasteiger partial charge in [0.1, 0.15) is 11.6 Å². The third-order valence-electron chi connectivity index (χ3n) is 4.77. The second kappa shape index (κ2) is 10.4. The van der Waals surface area contributed by atoms with Gasteiger partial charge in [0, 0.05) is 11.6 Å². The maximum Gasteiger partial charge on any atom is 0.235 e. The number of hydrogen-bond acceptors (Lipinski definition) is 8. The molecule has 8 nitrogen and oxygen atoms in total. The number of amides is 1. The van der Waals surface area contributed by atoms with E-state index in [1.807, 2.05) is 78.9 Å². The van der Waals surface area contributed by atoms with Gasteiger partial charge in [0.2, 0.25) is 11.0 Å². The normalized spacial score (nSPS) is 10.8. The Hall–Kier alpha value is -3.89. The molecule has 10 heteroatoms. The van der Waals surface area contributed by atoms with Crippen molar-refractivity contribution in [2.45, 2.75) is 10.9 Å². The number of nitrogens with zero attached hydrogens (tertiary/aromatic N) is 4. The first-order chi connectivity index (χ1) is 16.7. The summed E-state index contributed by atoms with van der Waals surface area (Å²) in [6.07, 6.45) is 1.63. The highest BCUT2D eigenvalue weighted by Gasteiger charge is 2.15. The van der Waals surface area contributed by atoms with Crippen LogP contribution in [-0.2, 0) is 11.3 Å². The lowest BCUT2D eigenvalue weighted by molar-refractivity contribution is -0.113. The third-order valence-corrected chi connectivity index (χ3v) is 6.79. The molecule has 0 aliphatic carbocycles. The fourth-order valence-electron chi connectivity index (χ4n) is 3.21. The largest absolute Gasteiger partial charge is 0.467 e. The lowest BCUT2D eigenvalue weighted by Crippen LogP contribution is -2.16. The number of rotatable bonds is 9. The minimum atomic E-state index is -0.151. The third kappa shape index (κ3) is 5.36. The Morgan fingerprint density at radius 2 is 1.79 bits per heavy atom. The minimum absolute atomic E-state index is 0.151. The second-order valence-electron chi connectivity index (χ2n) is 7.17. The quantitative estimate of drug-likeness (QED) is 0.271. The number of thioether (sulfide) groups is 1. The zero-order chi connectivity index (χ0) is 23.2. The first-order valence-corrected chi connectivity index (χ1v) is 12.3. The molecule has 0 bridgehead atoms. The molecule has 170 valence electrons. The monoisotopic (exact) mass is 488 g/mol. The maximum absolute atomic E-state index is 12.8. The maximum atomic E-state index is 12.8. The Bertz CT molecular complexity index is 1350. The Morgan fingerprint density at radius 1 is 1.00 bits per heavy atom. The van der Waals surface area contributed by atoms with Gasteiger partial charge in [0.15, 0.2) is 4.34 Å². The van der Waals surface area contributed by atoms with Crippen molar-refractivity contribution in [2.24, 2.45) is 0 Å². The van der Waals surface area contributed by atoms with Crippen molar-refractivity contribution in [3.8, 4) is 16.9 Å². The first-order valence-electron chi connectivity index (χ1n) is 10.5. The van der Waals surface area contributed by atoms with E-state index >= 15 is 0 Å². The van der Waals surface area contributed by atoms with Crippen LogP contribution in [0.4, 0.5) is 10.9 Å². The lowest BCUT2D eigenvalue weighted by Gasteiger charge is -2.08. The number of furan rings is 1. The number of nitrogens with one attached hydrogen (secondary N) is 2. The highest BCUT2D eigenvalue weighted by atomic mass is 32.2. The Balaban J connectivity index is 1.25. The van der Waals surface area contributed by atoms with Gasteiger partial charge in [-0.25, -0.2) is 4.68 Å². The molecule has 5 rings (SSSR count). The van der Waals surface area contributed by atoms with Gasteiger partial charge in [0.05, 0.1) is 29.9 Å². The Labute approximate surface area is 204 Å². The molecule has 2 aromatic carbocycles. The van der Waals surface area contributed by atoms with E-state index in [9.17, 15) is 4.79 Å². The number of carbonyl (C=O) groups is 1. The van der Waals surface area contributed by atoms with Gasteiger partial charge < -0.3 is 15.1 Å². The molecule has 1 amide bonds. The molecule has 0 fully saturated rings. The van der Waals surface area contributed by atoms with Crippen LogP contribution in [0.25, 0.3) is 16.9 Å². The second-order valence-corrected chi connectivity index (χ2v) is 9.37. The molecule has 2 N–H and O–H groups in total. The van der Waals surface area contributed by atoms with Crippen LogP contribution in [0.15, 0.2) is 93.9 Å². The van der Waals surface area contributed by atoms with Crippen molar-refractivity contribution in [3.63, 3.8) is 0 Å². The van der Waals surface area contributed by atoms with E-state index in [1.165, 1.54) is 23.1 Å². The summed E-state index contributed by atoms with van der Waals surface area (Å²) in [5.74, 6) is 1.47. The van der Waals surface area contributed by atoms with Crippen LogP contribution in [0.2, 0.25) is 0 Å². The van der Waals surface area contributed by atoms with Gasteiger partial charge in [0.25, 0.3) is 0 Å². The van der Waals surface area contributed by atoms with E-state index in [1.54, 1.807) is 10.9 Å². The molecule has 34 heavy (non-hydrogen) atoms. The van der Waals surface area contributed by atoms with E-state index in [0.717, 1.165) is 22.7 Å². The summed E-state index contributed by atoms with van der Waals surface area (Å²) in [5.41, 5.74) is 2.62. The fraction of sp³-hybridized carbons (Fsp3) is 0.0833. The molecule has 0 radical (unpaired) electrons. The van der Waals surface area contributed by atoms with Gasteiger partial charge in [-0.15, -0.1) is 10.2 Å². The van der Waals surface area contributed by atoms with Crippen molar-refractivity contribution in [1.82, 2.24) is 20.0 Å². The topological polar surface area (TPSA) is 97.9 Å². The molecule has 0 saturated carbocycles. The minimum Gasteiger partial charge on any atom is -0.467 e. The Kier molecular flexibility index (Phi) is 6.68. The van der Waals surface area contributed by atoms with E-state index in [-0.39, 0.29) is 11.7 Å². The van der Waals surface area contributed by atoms with Crippen LogP contribution < -0.4 is 10.6 Å². The van der Waals surface area contributed by atoms with Crippen molar-refractivity contribution in [2.75, 3.05) is 16.4 Å². The molecule has 3 aromatic heterocycles. The first kappa shape index (κ1) is 21.9. The molecule has 0 spiro atoms. The molecule has 0 saturated heterocycles. The standard InChI is InChI=1S/C24H20N6O2S2/c31-22(16-33-24-28-27-23(34-24)25-15-19-12-7-13-32-19)26-21-14-20(17-8-3-1-4-9-17)29-30(21)18-10-5-2-6-11-18/h1-14H,15-16H2,(H,25,27)(H,26,31). The number of anilines is 2. The highest BCUT2D eigenvalue weighted by molar-refractivity contribution is 8.01. The summed E-state index contributed by atoms with van der Waals surface area (Å²) in [6, 6.07) is 25.2. The van der Waals surface area contributed by atoms with Gasteiger partial charge in [-0.1, -0.05) is 71.6 Å². The number of hydrogen-bond donors (Lipinski definition) is 2. The molecular weight excluding hydrogens is 468 g/mol. The molecule has 5 aromatic rings. The van der Waals surface area contributed by atoms with E-state index in [4.69, 9.17) is 9.52 Å². The van der Waals surface area contributed by atoms with Crippen LogP contribution in [0.1, 0.15) is 5.76 Å². The zero-order valence-electron chi connectivity index (χ0n) is 17.9. The number of aromatic nitrogens is 4. The van der Waals surface area contributed by atoms with Crippen LogP contribution in [0, 0.1) is 0 Å². The summed E-state index contributed by atoms with van der Waals surface area (Å²) >= 11 is 2.73. The molecular formula is C24H20N6O2S2. The number of para-hydroxylation sites is 1. The summed E-state index contributed by atoms with van der Waals surface area (Å²) in [5, 5.41) is 19.8. The molecule has 0 atom stereocenters. The zero-order valence-corrected chi connectivity index (χ0v) is 19.6. The average molecular weight is 489 g/mol. The molecule has 0 unspecified atom stereocenters. The van der Waals surface area contributed by atoms with Gasteiger partial charge in [-0.3, -0.25) is 4.79 Å². The van der Waals surface area contributed by atoms with Crippen molar-refractivity contribution in [1.29, 1.82) is 0 Å².